The van der Waals surface area contributed by atoms with Crippen LogP contribution in [0.4, 0.5) is 0 Å². The molecule has 5 nitrogen and oxygen atoms in total. The molecule has 3 N–H and O–H groups in total. The summed E-state index contributed by atoms with van der Waals surface area (Å²) in [7, 11) is 0. The van der Waals surface area contributed by atoms with E-state index in [9.17, 15) is 5.11 Å². The van der Waals surface area contributed by atoms with E-state index in [4.69, 9.17) is 10.3 Å². The minimum absolute atomic E-state index is 0.112. The Kier molecular flexibility index (Phi) is 4.39. The first-order valence-electron chi connectivity index (χ1n) is 6.91. The predicted molar refractivity (Wildman–Crippen MR) is 77.6 cm³/mol. The van der Waals surface area contributed by atoms with Crippen LogP contribution in [0, 0.1) is 13.8 Å². The highest BCUT2D eigenvalue weighted by Crippen LogP contribution is 2.28. The number of benzene rings is 1. The van der Waals surface area contributed by atoms with Crippen molar-refractivity contribution in [3.8, 4) is 17.1 Å². The molecule has 0 aliphatic heterocycles. The fourth-order valence-corrected chi connectivity index (χ4v) is 2.29. The summed E-state index contributed by atoms with van der Waals surface area (Å²) < 4.78 is 5.33. The molecule has 5 heteroatoms. The van der Waals surface area contributed by atoms with Gasteiger partial charge in [0.05, 0.1) is 5.92 Å². The zero-order valence-corrected chi connectivity index (χ0v) is 12.2. The van der Waals surface area contributed by atoms with Gasteiger partial charge in [-0.25, -0.2) is 0 Å². The molecular formula is C15H21N3O2. The lowest BCUT2D eigenvalue weighted by Gasteiger charge is -2.07. The molecule has 1 aromatic carbocycles. The van der Waals surface area contributed by atoms with Crippen LogP contribution >= 0.6 is 0 Å². The fraction of sp³-hybridized carbons (Fsp3) is 0.467. The number of phenolic OH excluding ortho intramolecular Hbond substituents is 1. The molecule has 0 radical (unpaired) electrons. The van der Waals surface area contributed by atoms with Crippen molar-refractivity contribution in [3.05, 3.63) is 29.2 Å². The normalized spacial score (nSPS) is 12.6. The molecule has 0 bridgehead atoms. The van der Waals surface area contributed by atoms with Crippen LogP contribution < -0.4 is 5.73 Å². The van der Waals surface area contributed by atoms with E-state index in [1.807, 2.05) is 26.0 Å². The van der Waals surface area contributed by atoms with Crippen molar-refractivity contribution in [3.63, 3.8) is 0 Å². The van der Waals surface area contributed by atoms with Gasteiger partial charge in [-0.2, -0.15) is 4.98 Å². The molecule has 0 aliphatic carbocycles. The number of hydrogen-bond acceptors (Lipinski definition) is 5. The third-order valence-electron chi connectivity index (χ3n) is 3.46. The van der Waals surface area contributed by atoms with Gasteiger partial charge in [0.2, 0.25) is 11.7 Å². The summed E-state index contributed by atoms with van der Waals surface area (Å²) >= 11 is 0. The molecule has 1 unspecified atom stereocenters. The largest absolute Gasteiger partial charge is 0.507 e. The second-order valence-electron chi connectivity index (χ2n) is 5.14. The highest BCUT2D eigenvalue weighted by atomic mass is 16.5. The van der Waals surface area contributed by atoms with Crippen LogP contribution in [0.2, 0.25) is 0 Å². The average molecular weight is 275 g/mol. The molecule has 1 aromatic heterocycles. The van der Waals surface area contributed by atoms with E-state index >= 15 is 0 Å². The van der Waals surface area contributed by atoms with Crippen LogP contribution in [-0.4, -0.2) is 21.8 Å². The molecule has 2 rings (SSSR count). The van der Waals surface area contributed by atoms with Crippen LogP contribution in [-0.2, 0) is 0 Å². The van der Waals surface area contributed by atoms with Crippen molar-refractivity contribution >= 4 is 0 Å². The second kappa shape index (κ2) is 6.05. The van der Waals surface area contributed by atoms with E-state index < -0.39 is 0 Å². The van der Waals surface area contributed by atoms with Gasteiger partial charge in [-0.3, -0.25) is 0 Å². The first-order valence-corrected chi connectivity index (χ1v) is 6.91. The minimum Gasteiger partial charge on any atom is -0.507 e. The number of aryl methyl sites for hydroxylation is 2. The smallest absolute Gasteiger partial charge is 0.231 e. The summed E-state index contributed by atoms with van der Waals surface area (Å²) in [6.45, 7) is 6.31. The van der Waals surface area contributed by atoms with Crippen molar-refractivity contribution in [2.24, 2.45) is 5.73 Å². The van der Waals surface area contributed by atoms with Crippen LogP contribution in [0.25, 0.3) is 11.4 Å². The monoisotopic (exact) mass is 275 g/mol. The number of nitrogens with zero attached hydrogens (tertiary/aromatic N) is 2. The maximum atomic E-state index is 9.80. The summed E-state index contributed by atoms with van der Waals surface area (Å²) in [5.74, 6) is 1.55. The Labute approximate surface area is 118 Å². The lowest BCUT2D eigenvalue weighted by Crippen LogP contribution is -2.12. The van der Waals surface area contributed by atoms with Gasteiger partial charge in [0.25, 0.3) is 0 Å². The van der Waals surface area contributed by atoms with Crippen LogP contribution in [0.5, 0.6) is 5.75 Å². The summed E-state index contributed by atoms with van der Waals surface area (Å²) in [5, 5.41) is 13.8. The Bertz CT molecular complexity index is 570. The molecule has 1 atom stereocenters. The number of phenols is 1. The highest BCUT2D eigenvalue weighted by Gasteiger charge is 2.18. The number of aromatic nitrogens is 2. The van der Waals surface area contributed by atoms with Crippen molar-refractivity contribution < 1.29 is 9.63 Å². The third kappa shape index (κ3) is 2.82. The molecule has 1 heterocycles. The van der Waals surface area contributed by atoms with Gasteiger partial charge in [0, 0.05) is 12.1 Å². The van der Waals surface area contributed by atoms with Gasteiger partial charge in [-0.05, 0) is 43.5 Å². The maximum absolute atomic E-state index is 9.80. The van der Waals surface area contributed by atoms with E-state index in [1.165, 1.54) is 0 Å². The molecule has 20 heavy (non-hydrogen) atoms. The molecule has 0 fully saturated rings. The number of hydrogen-bond donors (Lipinski definition) is 2. The van der Waals surface area contributed by atoms with E-state index in [0.717, 1.165) is 29.5 Å². The summed E-state index contributed by atoms with van der Waals surface area (Å²) in [6, 6.07) is 3.71. The third-order valence-corrected chi connectivity index (χ3v) is 3.46. The van der Waals surface area contributed by atoms with E-state index in [1.54, 1.807) is 0 Å². The number of nitrogens with two attached hydrogens (primary N) is 1. The van der Waals surface area contributed by atoms with Gasteiger partial charge in [0.1, 0.15) is 5.75 Å². The van der Waals surface area contributed by atoms with Crippen molar-refractivity contribution in [2.75, 3.05) is 6.54 Å². The summed E-state index contributed by atoms with van der Waals surface area (Å²) in [5.41, 5.74) is 8.20. The second-order valence-corrected chi connectivity index (χ2v) is 5.14. The first kappa shape index (κ1) is 14.5. The minimum atomic E-state index is 0.112. The molecule has 0 spiro atoms. The van der Waals surface area contributed by atoms with E-state index in [0.29, 0.717) is 24.0 Å². The SMILES string of the molecule is CCCC(CN)c1nc(-c2cc(C)c(O)c(C)c2)no1. The van der Waals surface area contributed by atoms with Crippen molar-refractivity contribution in [1.82, 2.24) is 10.1 Å². The number of rotatable bonds is 5. The Morgan fingerprint density at radius 3 is 2.50 bits per heavy atom. The topological polar surface area (TPSA) is 85.2 Å². The standard InChI is InChI=1S/C15H21N3O2/c1-4-5-11(8-16)15-17-14(18-20-15)12-6-9(2)13(19)10(3)7-12/h6-7,11,19H,4-5,8,16H2,1-3H3. The van der Waals surface area contributed by atoms with Gasteiger partial charge in [0.15, 0.2) is 0 Å². The zero-order chi connectivity index (χ0) is 14.7. The summed E-state index contributed by atoms with van der Waals surface area (Å²) in [4.78, 5) is 4.44. The van der Waals surface area contributed by atoms with Crippen LogP contribution in [0.3, 0.4) is 0 Å². The Morgan fingerprint density at radius 1 is 1.30 bits per heavy atom. The zero-order valence-electron chi connectivity index (χ0n) is 12.2. The molecule has 0 saturated heterocycles. The molecule has 0 aliphatic rings. The molecule has 0 saturated carbocycles. The lowest BCUT2D eigenvalue weighted by atomic mass is 10.0. The van der Waals surface area contributed by atoms with Gasteiger partial charge >= 0.3 is 0 Å². The highest BCUT2D eigenvalue weighted by molar-refractivity contribution is 5.60. The molecule has 108 valence electrons. The number of aromatic hydroxyl groups is 1. The Hall–Kier alpha value is -1.88. The molecule has 2 aromatic rings. The van der Waals surface area contributed by atoms with Gasteiger partial charge in [-0.1, -0.05) is 18.5 Å². The van der Waals surface area contributed by atoms with Gasteiger partial charge < -0.3 is 15.4 Å². The van der Waals surface area contributed by atoms with Gasteiger partial charge in [-0.15, -0.1) is 0 Å². The molecule has 0 amide bonds. The fourth-order valence-electron chi connectivity index (χ4n) is 2.29. The van der Waals surface area contributed by atoms with Crippen LogP contribution in [0.1, 0.15) is 42.7 Å². The Balaban J connectivity index is 2.33. The predicted octanol–water partition coefficient (Wildman–Crippen LogP) is 2.90. The molecular weight excluding hydrogens is 254 g/mol. The summed E-state index contributed by atoms with van der Waals surface area (Å²) in [6.07, 6.45) is 1.96. The lowest BCUT2D eigenvalue weighted by molar-refractivity contribution is 0.347. The van der Waals surface area contributed by atoms with Crippen molar-refractivity contribution in [1.29, 1.82) is 0 Å². The average Bonchev–Trinajstić information content (AvgIpc) is 2.91. The Morgan fingerprint density at radius 2 is 1.95 bits per heavy atom. The van der Waals surface area contributed by atoms with E-state index in [-0.39, 0.29) is 5.92 Å². The van der Waals surface area contributed by atoms with E-state index in [2.05, 4.69) is 17.1 Å². The van der Waals surface area contributed by atoms with Crippen molar-refractivity contribution in [2.45, 2.75) is 39.5 Å². The quantitative estimate of drug-likeness (QED) is 0.876. The first-order chi connectivity index (χ1) is 9.56. The maximum Gasteiger partial charge on any atom is 0.231 e. The van der Waals surface area contributed by atoms with Crippen LogP contribution in [0.15, 0.2) is 16.7 Å².